The lowest BCUT2D eigenvalue weighted by Gasteiger charge is -2.61. The largest absolute Gasteiger partial charge is 0.465 e. The van der Waals surface area contributed by atoms with E-state index in [-0.39, 0.29) is 24.9 Å². The van der Waals surface area contributed by atoms with E-state index in [1.165, 1.54) is 6.42 Å². The SMILES string of the molecule is CCC1(OC(=O)COC23CC4CC(C2)CC(OC(=O)C(F)(F)S(=O)(=O)O)(C4)C3)C2CC3CC(C2)CC1C3. The van der Waals surface area contributed by atoms with Crippen LogP contribution in [0.2, 0.25) is 0 Å². The Labute approximate surface area is 215 Å². The summed E-state index contributed by atoms with van der Waals surface area (Å²) in [5.74, 6) is -0.291. The average molecular weight is 547 g/mol. The smallest absolute Gasteiger partial charge is 0.457 e. The molecule has 8 bridgehead atoms. The number of hydrogen-bond donors (Lipinski definition) is 1. The molecule has 0 saturated heterocycles. The third-order valence-electron chi connectivity index (χ3n) is 10.7. The summed E-state index contributed by atoms with van der Waals surface area (Å²) < 4.78 is 76.5. The van der Waals surface area contributed by atoms with Crippen molar-refractivity contribution in [1.29, 1.82) is 0 Å². The van der Waals surface area contributed by atoms with Crippen LogP contribution < -0.4 is 0 Å². The maximum atomic E-state index is 14.0. The van der Waals surface area contributed by atoms with Crippen LogP contribution in [0, 0.1) is 35.5 Å². The molecule has 37 heavy (non-hydrogen) atoms. The highest BCUT2D eigenvalue weighted by atomic mass is 32.2. The number of carbonyl (C=O) groups excluding carboxylic acids is 2. The van der Waals surface area contributed by atoms with Crippen molar-refractivity contribution >= 4 is 22.1 Å². The molecule has 0 amide bonds. The average Bonchev–Trinajstić information content (AvgIpc) is 2.78. The maximum absolute atomic E-state index is 14.0. The molecule has 8 rings (SSSR count). The first-order valence-electron chi connectivity index (χ1n) is 13.7. The Morgan fingerprint density at radius 2 is 1.38 bits per heavy atom. The number of alkyl halides is 2. The number of halogens is 2. The van der Waals surface area contributed by atoms with Gasteiger partial charge in [0.25, 0.3) is 0 Å². The highest BCUT2D eigenvalue weighted by Gasteiger charge is 2.64. The molecule has 8 nitrogen and oxygen atoms in total. The van der Waals surface area contributed by atoms with Crippen LogP contribution in [0.1, 0.15) is 84.0 Å². The van der Waals surface area contributed by atoms with Gasteiger partial charge in [0.2, 0.25) is 0 Å². The molecular formula is C26H36F2O8S. The van der Waals surface area contributed by atoms with Crippen molar-refractivity contribution in [1.82, 2.24) is 0 Å². The zero-order valence-corrected chi connectivity index (χ0v) is 21.9. The van der Waals surface area contributed by atoms with E-state index in [1.807, 2.05) is 0 Å². The van der Waals surface area contributed by atoms with Crippen LogP contribution in [-0.4, -0.2) is 53.6 Å². The summed E-state index contributed by atoms with van der Waals surface area (Å²) >= 11 is 0. The first-order valence-corrected chi connectivity index (χ1v) is 15.2. The van der Waals surface area contributed by atoms with Crippen LogP contribution in [0.4, 0.5) is 8.78 Å². The second kappa shape index (κ2) is 8.34. The number of rotatable bonds is 8. The van der Waals surface area contributed by atoms with Gasteiger partial charge in [0, 0.05) is 6.42 Å². The zero-order valence-electron chi connectivity index (χ0n) is 21.1. The first-order chi connectivity index (χ1) is 17.3. The molecule has 0 aromatic carbocycles. The van der Waals surface area contributed by atoms with Crippen LogP contribution in [0.3, 0.4) is 0 Å². The molecule has 0 aromatic rings. The minimum atomic E-state index is -5.95. The molecule has 0 heterocycles. The summed E-state index contributed by atoms with van der Waals surface area (Å²) in [6.45, 7) is 1.84. The molecule has 11 heteroatoms. The summed E-state index contributed by atoms with van der Waals surface area (Å²) in [7, 11) is -5.95. The van der Waals surface area contributed by atoms with E-state index in [9.17, 15) is 26.8 Å². The minimum absolute atomic E-state index is 0.0517. The molecule has 8 saturated carbocycles. The molecule has 8 aliphatic rings. The monoisotopic (exact) mass is 546 g/mol. The molecule has 1 N–H and O–H groups in total. The van der Waals surface area contributed by atoms with E-state index in [2.05, 4.69) is 6.92 Å². The van der Waals surface area contributed by atoms with Gasteiger partial charge in [-0.1, -0.05) is 6.92 Å². The second-order valence-corrected chi connectivity index (χ2v) is 14.5. The number of esters is 2. The molecule has 0 spiro atoms. The van der Waals surface area contributed by atoms with Crippen LogP contribution in [0.5, 0.6) is 0 Å². The molecule has 0 aliphatic heterocycles. The lowest BCUT2D eigenvalue weighted by molar-refractivity contribution is -0.248. The Kier molecular flexibility index (Phi) is 5.84. The van der Waals surface area contributed by atoms with Crippen molar-refractivity contribution in [2.24, 2.45) is 35.5 Å². The van der Waals surface area contributed by atoms with Gasteiger partial charge in [-0.05, 0) is 106 Å². The van der Waals surface area contributed by atoms with E-state index >= 15 is 0 Å². The molecule has 0 aromatic heterocycles. The predicted molar refractivity (Wildman–Crippen MR) is 125 cm³/mol. The zero-order chi connectivity index (χ0) is 26.4. The second-order valence-electron chi connectivity index (χ2n) is 13.1. The fourth-order valence-electron chi connectivity index (χ4n) is 10.00. The molecule has 8 fully saturated rings. The fraction of sp³-hybridized carbons (Fsp3) is 0.923. The van der Waals surface area contributed by atoms with Crippen LogP contribution in [-0.2, 0) is 33.9 Å². The summed E-state index contributed by atoms with van der Waals surface area (Å²) in [4.78, 5) is 25.3. The number of carbonyl (C=O) groups is 2. The molecule has 8 aliphatic carbocycles. The van der Waals surface area contributed by atoms with Crippen molar-refractivity contribution in [3.05, 3.63) is 0 Å². The van der Waals surface area contributed by atoms with Crippen molar-refractivity contribution in [3.8, 4) is 0 Å². The summed E-state index contributed by atoms with van der Waals surface area (Å²) in [5, 5.41) is -5.04. The summed E-state index contributed by atoms with van der Waals surface area (Å²) in [6.07, 6.45) is 9.41. The lowest BCUT2D eigenvalue weighted by Crippen LogP contribution is -2.63. The Morgan fingerprint density at radius 1 is 0.865 bits per heavy atom. The van der Waals surface area contributed by atoms with E-state index in [4.69, 9.17) is 18.8 Å². The summed E-state index contributed by atoms with van der Waals surface area (Å²) in [6, 6.07) is 0. The number of hydrogen-bond acceptors (Lipinski definition) is 7. The van der Waals surface area contributed by atoms with Crippen molar-refractivity contribution in [3.63, 3.8) is 0 Å². The molecule has 208 valence electrons. The quantitative estimate of drug-likeness (QED) is 0.355. The van der Waals surface area contributed by atoms with Gasteiger partial charge < -0.3 is 14.2 Å². The van der Waals surface area contributed by atoms with Crippen LogP contribution in [0.15, 0.2) is 0 Å². The predicted octanol–water partition coefficient (Wildman–Crippen LogP) is 4.27. The fourth-order valence-corrected chi connectivity index (χ4v) is 10.2. The third-order valence-corrected chi connectivity index (χ3v) is 11.5. The van der Waals surface area contributed by atoms with Gasteiger partial charge >= 0.3 is 27.3 Å². The van der Waals surface area contributed by atoms with E-state index < -0.39 is 44.1 Å². The Morgan fingerprint density at radius 3 is 1.89 bits per heavy atom. The van der Waals surface area contributed by atoms with Crippen molar-refractivity contribution in [2.45, 2.75) is 106 Å². The first kappa shape index (κ1) is 25.9. The van der Waals surface area contributed by atoms with Gasteiger partial charge in [0.15, 0.2) is 0 Å². The van der Waals surface area contributed by atoms with Crippen LogP contribution >= 0.6 is 0 Å². The van der Waals surface area contributed by atoms with Crippen LogP contribution in [0.25, 0.3) is 0 Å². The molecule has 2 atom stereocenters. The molecule has 2 unspecified atom stereocenters. The van der Waals surface area contributed by atoms with Crippen molar-refractivity contribution < 1.29 is 45.6 Å². The molecule has 0 radical (unpaired) electrons. The Balaban J connectivity index is 1.14. The lowest BCUT2D eigenvalue weighted by atomic mass is 9.49. The van der Waals surface area contributed by atoms with Crippen molar-refractivity contribution in [2.75, 3.05) is 6.61 Å². The Hall–Kier alpha value is -1.33. The minimum Gasteiger partial charge on any atom is -0.457 e. The standard InChI is InChI=1S/C26H36F2O8S/c1-2-25(19-5-15-3-16(7-19)8-20(25)6-15)35-21(29)13-34-23-9-17-4-18(10-23)12-24(11-17,14-23)36-22(30)26(27,28)37(31,32)33/h15-20H,2-14H2,1H3,(H,31,32,33). The van der Waals surface area contributed by atoms with Gasteiger partial charge in [-0.15, -0.1) is 0 Å². The summed E-state index contributed by atoms with van der Waals surface area (Å²) in [5.41, 5.74) is -2.56. The maximum Gasteiger partial charge on any atom is 0.465 e. The third kappa shape index (κ3) is 4.13. The van der Waals surface area contributed by atoms with Gasteiger partial charge in [-0.25, -0.2) is 9.59 Å². The topological polar surface area (TPSA) is 116 Å². The number of ether oxygens (including phenoxy) is 3. The van der Waals surface area contributed by atoms with Gasteiger partial charge in [-0.3, -0.25) is 4.55 Å². The van der Waals surface area contributed by atoms with Gasteiger partial charge in [0.1, 0.15) is 17.8 Å². The van der Waals surface area contributed by atoms with E-state index in [0.29, 0.717) is 37.5 Å². The highest BCUT2D eigenvalue weighted by molar-refractivity contribution is 7.87. The van der Waals surface area contributed by atoms with Gasteiger partial charge in [-0.2, -0.15) is 17.2 Å². The van der Waals surface area contributed by atoms with Gasteiger partial charge in [0.05, 0.1) is 5.60 Å². The van der Waals surface area contributed by atoms with E-state index in [1.54, 1.807) is 0 Å². The Bertz CT molecular complexity index is 1050. The van der Waals surface area contributed by atoms with E-state index in [0.717, 1.165) is 50.4 Å². The molecular weight excluding hydrogens is 510 g/mol. The normalized spacial score (nSPS) is 45.7. The highest BCUT2D eigenvalue weighted by Crippen LogP contribution is 2.62.